The van der Waals surface area contributed by atoms with Crippen LogP contribution in [-0.4, -0.2) is 29.9 Å². The molecule has 0 aliphatic heterocycles. The number of hydrogen-bond donors (Lipinski definition) is 1. The van der Waals surface area contributed by atoms with Gasteiger partial charge in [-0.05, 0) is 49.2 Å². The highest BCUT2D eigenvalue weighted by Gasteiger charge is 2.18. The Bertz CT molecular complexity index is 1030. The number of rotatable bonds is 8. The third kappa shape index (κ3) is 5.95. The second kappa shape index (κ2) is 10.4. The smallest absolute Gasteiger partial charge is 0.256 e. The monoisotopic (exact) mass is 416 g/mol. The van der Waals surface area contributed by atoms with Gasteiger partial charge in [0.05, 0.1) is 17.4 Å². The van der Waals surface area contributed by atoms with E-state index in [4.69, 9.17) is 4.74 Å². The molecule has 3 aromatic rings. The average molecular weight is 417 g/mol. The first kappa shape index (κ1) is 22.1. The summed E-state index contributed by atoms with van der Waals surface area (Å²) in [6.07, 6.45) is 0.944. The first-order chi connectivity index (χ1) is 15.0. The molecule has 5 heteroatoms. The fourth-order valence-corrected chi connectivity index (χ4v) is 3.13. The van der Waals surface area contributed by atoms with E-state index in [9.17, 15) is 9.59 Å². The third-order valence-electron chi connectivity index (χ3n) is 5.02. The van der Waals surface area contributed by atoms with Gasteiger partial charge in [-0.15, -0.1) is 0 Å². The van der Waals surface area contributed by atoms with Crippen LogP contribution >= 0.6 is 0 Å². The predicted octanol–water partition coefficient (Wildman–Crippen LogP) is 5.39. The summed E-state index contributed by atoms with van der Waals surface area (Å²) in [5.41, 5.74) is 2.44. The number of benzene rings is 3. The van der Waals surface area contributed by atoms with Gasteiger partial charge >= 0.3 is 0 Å². The van der Waals surface area contributed by atoms with Gasteiger partial charge < -0.3 is 15.0 Å². The summed E-state index contributed by atoms with van der Waals surface area (Å²) >= 11 is 0. The molecule has 5 nitrogen and oxygen atoms in total. The minimum absolute atomic E-state index is 0.0665. The average Bonchev–Trinajstić information content (AvgIpc) is 2.79. The van der Waals surface area contributed by atoms with Crippen molar-refractivity contribution in [2.45, 2.75) is 32.9 Å². The molecule has 0 saturated heterocycles. The molecule has 0 spiro atoms. The van der Waals surface area contributed by atoms with Crippen molar-refractivity contribution in [3.8, 4) is 5.75 Å². The van der Waals surface area contributed by atoms with E-state index in [0.717, 1.165) is 12.0 Å². The van der Waals surface area contributed by atoms with Crippen LogP contribution in [0.5, 0.6) is 5.75 Å². The summed E-state index contributed by atoms with van der Waals surface area (Å²) in [6, 6.07) is 23.9. The molecule has 1 atom stereocenters. The first-order valence-electron chi connectivity index (χ1n) is 10.4. The number of nitrogens with one attached hydrogen (secondary N) is 1. The van der Waals surface area contributed by atoms with Gasteiger partial charge in [0.1, 0.15) is 5.75 Å². The summed E-state index contributed by atoms with van der Waals surface area (Å²) < 4.78 is 5.81. The van der Waals surface area contributed by atoms with Crippen LogP contribution in [-0.2, 0) is 6.54 Å². The number of para-hydroxylation sites is 1. The van der Waals surface area contributed by atoms with Crippen LogP contribution in [0, 0.1) is 0 Å². The van der Waals surface area contributed by atoms with Crippen LogP contribution in [0.2, 0.25) is 0 Å². The molecule has 3 aromatic carbocycles. The standard InChI is InChI=1S/C26H28N2O3/c1-4-19(2)31-22-14-10-13-21(17-22)25(29)27-24-16-9-8-15-23(24)26(30)28(3)18-20-11-6-5-7-12-20/h5-17,19H,4,18H2,1-3H3,(H,27,29). The molecule has 0 radical (unpaired) electrons. The number of carbonyl (C=O) groups is 2. The second-order valence-electron chi connectivity index (χ2n) is 7.51. The van der Waals surface area contributed by atoms with Gasteiger partial charge in [0, 0.05) is 19.2 Å². The van der Waals surface area contributed by atoms with E-state index in [1.165, 1.54) is 0 Å². The van der Waals surface area contributed by atoms with Crippen molar-refractivity contribution in [3.05, 3.63) is 95.6 Å². The Morgan fingerprint density at radius 2 is 1.68 bits per heavy atom. The lowest BCUT2D eigenvalue weighted by molar-refractivity contribution is 0.0786. The SMILES string of the molecule is CCC(C)Oc1cccc(C(=O)Nc2ccccc2C(=O)N(C)Cc2ccccc2)c1. The molecule has 0 heterocycles. The number of hydrogen-bond acceptors (Lipinski definition) is 3. The minimum Gasteiger partial charge on any atom is -0.491 e. The van der Waals surface area contributed by atoms with Crippen molar-refractivity contribution in [3.63, 3.8) is 0 Å². The summed E-state index contributed by atoms with van der Waals surface area (Å²) in [6.45, 7) is 4.52. The zero-order valence-corrected chi connectivity index (χ0v) is 18.2. The summed E-state index contributed by atoms with van der Waals surface area (Å²) in [4.78, 5) is 27.6. The van der Waals surface area contributed by atoms with E-state index in [1.54, 1.807) is 54.4 Å². The van der Waals surface area contributed by atoms with Crippen molar-refractivity contribution in [1.82, 2.24) is 4.90 Å². The molecule has 31 heavy (non-hydrogen) atoms. The van der Waals surface area contributed by atoms with Crippen LogP contribution < -0.4 is 10.1 Å². The maximum Gasteiger partial charge on any atom is 0.256 e. The third-order valence-corrected chi connectivity index (χ3v) is 5.02. The van der Waals surface area contributed by atoms with Crippen LogP contribution in [0.25, 0.3) is 0 Å². The van der Waals surface area contributed by atoms with Crippen molar-refractivity contribution in [1.29, 1.82) is 0 Å². The first-order valence-corrected chi connectivity index (χ1v) is 10.4. The fraction of sp³-hybridized carbons (Fsp3) is 0.231. The summed E-state index contributed by atoms with van der Waals surface area (Å²) in [7, 11) is 1.75. The Balaban J connectivity index is 1.75. The van der Waals surface area contributed by atoms with Gasteiger partial charge in [0.25, 0.3) is 11.8 Å². The Morgan fingerprint density at radius 1 is 0.968 bits per heavy atom. The zero-order valence-electron chi connectivity index (χ0n) is 18.2. The lowest BCUT2D eigenvalue weighted by Crippen LogP contribution is -2.27. The Hall–Kier alpha value is -3.60. The van der Waals surface area contributed by atoms with Gasteiger partial charge in [-0.1, -0.05) is 55.5 Å². The van der Waals surface area contributed by atoms with Gasteiger partial charge in [-0.25, -0.2) is 0 Å². The number of ether oxygens (including phenoxy) is 1. The van der Waals surface area contributed by atoms with Crippen molar-refractivity contribution in [2.75, 3.05) is 12.4 Å². The number of amides is 2. The normalized spacial score (nSPS) is 11.5. The molecule has 1 unspecified atom stereocenters. The minimum atomic E-state index is -0.291. The molecule has 0 fully saturated rings. The van der Waals surface area contributed by atoms with E-state index in [2.05, 4.69) is 5.32 Å². The lowest BCUT2D eigenvalue weighted by atomic mass is 10.1. The van der Waals surface area contributed by atoms with E-state index in [0.29, 0.717) is 29.1 Å². The Kier molecular flexibility index (Phi) is 7.44. The summed E-state index contributed by atoms with van der Waals surface area (Å²) in [5, 5.41) is 2.88. The van der Waals surface area contributed by atoms with Crippen LogP contribution in [0.3, 0.4) is 0 Å². The largest absolute Gasteiger partial charge is 0.491 e. The molecule has 0 saturated carbocycles. The van der Waals surface area contributed by atoms with Crippen LogP contribution in [0.1, 0.15) is 46.5 Å². The van der Waals surface area contributed by atoms with E-state index in [1.807, 2.05) is 50.2 Å². The molecule has 2 amide bonds. The van der Waals surface area contributed by atoms with Crippen LogP contribution in [0.15, 0.2) is 78.9 Å². The quantitative estimate of drug-likeness (QED) is 0.536. The lowest BCUT2D eigenvalue weighted by Gasteiger charge is -2.19. The van der Waals surface area contributed by atoms with Crippen molar-refractivity contribution < 1.29 is 14.3 Å². The maximum atomic E-state index is 13.1. The maximum absolute atomic E-state index is 13.1. The van der Waals surface area contributed by atoms with Gasteiger partial charge in [0.15, 0.2) is 0 Å². The van der Waals surface area contributed by atoms with E-state index in [-0.39, 0.29) is 17.9 Å². The molecule has 0 aliphatic carbocycles. The van der Waals surface area contributed by atoms with Gasteiger partial charge in [0.2, 0.25) is 0 Å². The highest BCUT2D eigenvalue weighted by Crippen LogP contribution is 2.21. The molecule has 0 bridgehead atoms. The number of anilines is 1. The second-order valence-corrected chi connectivity index (χ2v) is 7.51. The van der Waals surface area contributed by atoms with E-state index < -0.39 is 0 Å². The molecular formula is C26H28N2O3. The Morgan fingerprint density at radius 3 is 2.42 bits per heavy atom. The van der Waals surface area contributed by atoms with Crippen LogP contribution in [0.4, 0.5) is 5.69 Å². The summed E-state index contributed by atoms with van der Waals surface area (Å²) in [5.74, 6) is 0.197. The van der Waals surface area contributed by atoms with Crippen molar-refractivity contribution >= 4 is 17.5 Å². The molecule has 1 N–H and O–H groups in total. The highest BCUT2D eigenvalue weighted by molar-refractivity contribution is 6.09. The fourth-order valence-electron chi connectivity index (χ4n) is 3.13. The van der Waals surface area contributed by atoms with E-state index >= 15 is 0 Å². The van der Waals surface area contributed by atoms with Gasteiger partial charge in [-0.2, -0.15) is 0 Å². The van der Waals surface area contributed by atoms with Crippen molar-refractivity contribution in [2.24, 2.45) is 0 Å². The molecule has 160 valence electrons. The Labute approximate surface area is 183 Å². The molecule has 0 aromatic heterocycles. The highest BCUT2D eigenvalue weighted by atomic mass is 16.5. The molecular weight excluding hydrogens is 388 g/mol. The molecule has 0 aliphatic rings. The zero-order chi connectivity index (χ0) is 22.2. The number of carbonyl (C=O) groups excluding carboxylic acids is 2. The van der Waals surface area contributed by atoms with Gasteiger partial charge in [-0.3, -0.25) is 9.59 Å². The predicted molar refractivity (Wildman–Crippen MR) is 123 cm³/mol. The number of nitrogens with zero attached hydrogens (tertiary/aromatic N) is 1. The topological polar surface area (TPSA) is 58.6 Å². The molecule has 3 rings (SSSR count).